The Hall–Kier alpha value is -3.40. The lowest BCUT2D eigenvalue weighted by Gasteiger charge is -2.27. The summed E-state index contributed by atoms with van der Waals surface area (Å²) in [5.74, 6) is -1.45. The maximum Gasteiger partial charge on any atom is 0.317 e. The van der Waals surface area contributed by atoms with Crippen molar-refractivity contribution in [3.05, 3.63) is 64.0 Å². The Labute approximate surface area is 180 Å². The van der Waals surface area contributed by atoms with E-state index < -0.39 is 28.8 Å². The van der Waals surface area contributed by atoms with Gasteiger partial charge in [-0.2, -0.15) is 0 Å². The van der Waals surface area contributed by atoms with Gasteiger partial charge in [-0.3, -0.25) is 25.0 Å². The van der Waals surface area contributed by atoms with E-state index in [2.05, 4.69) is 10.3 Å². The van der Waals surface area contributed by atoms with Gasteiger partial charge >= 0.3 is 5.97 Å². The number of carbonyl (C=O) groups excluding carboxylic acids is 2. The second-order valence-electron chi connectivity index (χ2n) is 7.35. The van der Waals surface area contributed by atoms with E-state index in [1.807, 2.05) is 0 Å². The lowest BCUT2D eigenvalue weighted by molar-refractivity contribution is -0.384. The molecule has 4 rings (SSSR count). The SMILES string of the molecule is O=C(COC(=O)C1(c2ccc(F)cc2)CCCC1)Nc1nc2ccc([N+](=O)[O-])cc2s1. The van der Waals surface area contributed by atoms with Gasteiger partial charge in [0.2, 0.25) is 0 Å². The number of amides is 1. The molecule has 1 saturated carbocycles. The molecule has 10 heteroatoms. The Kier molecular flexibility index (Phi) is 5.64. The Morgan fingerprint density at radius 3 is 2.58 bits per heavy atom. The quantitative estimate of drug-likeness (QED) is 0.345. The van der Waals surface area contributed by atoms with Crippen LogP contribution in [0.5, 0.6) is 0 Å². The summed E-state index contributed by atoms with van der Waals surface area (Å²) < 4.78 is 19.2. The average Bonchev–Trinajstić information content (AvgIpc) is 3.39. The van der Waals surface area contributed by atoms with Gasteiger partial charge in [-0.1, -0.05) is 36.3 Å². The van der Waals surface area contributed by atoms with Crippen molar-refractivity contribution in [1.29, 1.82) is 0 Å². The highest BCUT2D eigenvalue weighted by Crippen LogP contribution is 2.42. The molecule has 0 saturated heterocycles. The number of nitro groups is 1. The summed E-state index contributed by atoms with van der Waals surface area (Å²) >= 11 is 1.09. The van der Waals surface area contributed by atoms with Gasteiger partial charge in [0.1, 0.15) is 5.82 Å². The van der Waals surface area contributed by atoms with Crippen LogP contribution in [0.25, 0.3) is 10.2 Å². The summed E-state index contributed by atoms with van der Waals surface area (Å²) in [7, 11) is 0. The molecule has 0 aliphatic heterocycles. The molecule has 0 unspecified atom stereocenters. The van der Waals surface area contributed by atoms with Gasteiger partial charge in [-0.05, 0) is 36.6 Å². The third-order valence-electron chi connectivity index (χ3n) is 5.41. The summed E-state index contributed by atoms with van der Waals surface area (Å²) in [5.41, 5.74) is 0.266. The number of aromatic nitrogens is 1. The average molecular weight is 443 g/mol. The molecule has 31 heavy (non-hydrogen) atoms. The largest absolute Gasteiger partial charge is 0.455 e. The van der Waals surface area contributed by atoms with Crippen LogP contribution in [0.3, 0.4) is 0 Å². The van der Waals surface area contributed by atoms with Crippen molar-refractivity contribution in [2.45, 2.75) is 31.1 Å². The fraction of sp³-hybridized carbons (Fsp3) is 0.286. The summed E-state index contributed by atoms with van der Waals surface area (Å²) in [6, 6.07) is 10.0. The van der Waals surface area contributed by atoms with Crippen LogP contribution in [0.4, 0.5) is 15.2 Å². The van der Waals surface area contributed by atoms with E-state index >= 15 is 0 Å². The Bertz CT molecular complexity index is 1160. The molecule has 1 amide bonds. The number of hydrogen-bond donors (Lipinski definition) is 1. The van der Waals surface area contributed by atoms with E-state index in [0.29, 0.717) is 28.6 Å². The number of fused-ring (bicyclic) bond motifs is 1. The van der Waals surface area contributed by atoms with Gasteiger partial charge in [0.25, 0.3) is 11.6 Å². The maximum absolute atomic E-state index is 13.3. The number of carbonyl (C=O) groups is 2. The minimum Gasteiger partial charge on any atom is -0.455 e. The number of benzene rings is 2. The Morgan fingerprint density at radius 2 is 1.90 bits per heavy atom. The standard InChI is InChI=1S/C21H18FN3O5S/c22-14-5-3-13(4-6-14)21(9-1-2-10-21)19(27)30-12-18(26)24-20-23-16-8-7-15(25(28)29)11-17(16)31-20/h3-8,11H,1-2,9-10,12H2,(H,23,24,26). The highest BCUT2D eigenvalue weighted by Gasteiger charge is 2.44. The summed E-state index contributed by atoms with van der Waals surface area (Å²) in [4.78, 5) is 39.8. The molecule has 8 nitrogen and oxygen atoms in total. The summed E-state index contributed by atoms with van der Waals surface area (Å²) in [5, 5.41) is 13.7. The Balaban J connectivity index is 1.42. The smallest absolute Gasteiger partial charge is 0.317 e. The molecule has 0 spiro atoms. The first-order valence-corrected chi connectivity index (χ1v) is 10.5. The van der Waals surface area contributed by atoms with Crippen LogP contribution >= 0.6 is 11.3 Å². The van der Waals surface area contributed by atoms with Crippen LogP contribution in [-0.4, -0.2) is 28.4 Å². The van der Waals surface area contributed by atoms with E-state index in [1.54, 1.807) is 12.1 Å². The number of non-ortho nitro benzene ring substituents is 1. The molecule has 1 fully saturated rings. The number of thiazole rings is 1. The molecule has 1 aliphatic rings. The fourth-order valence-corrected chi connectivity index (χ4v) is 4.78. The minimum atomic E-state index is -0.872. The first-order valence-electron chi connectivity index (χ1n) is 9.65. The van der Waals surface area contributed by atoms with E-state index in [-0.39, 0.29) is 16.6 Å². The lowest BCUT2D eigenvalue weighted by atomic mass is 9.79. The van der Waals surface area contributed by atoms with Crippen molar-refractivity contribution < 1.29 is 23.6 Å². The molecule has 0 bridgehead atoms. The van der Waals surface area contributed by atoms with Crippen LogP contribution in [0.1, 0.15) is 31.2 Å². The molecular formula is C21H18FN3O5S. The zero-order valence-electron chi connectivity index (χ0n) is 16.3. The maximum atomic E-state index is 13.3. The van der Waals surface area contributed by atoms with Gasteiger partial charge in [0, 0.05) is 12.1 Å². The van der Waals surface area contributed by atoms with Crippen LogP contribution < -0.4 is 5.32 Å². The van der Waals surface area contributed by atoms with E-state index in [9.17, 15) is 24.1 Å². The number of anilines is 1. The van der Waals surface area contributed by atoms with Gasteiger partial charge < -0.3 is 4.74 Å². The molecule has 1 N–H and O–H groups in total. The second kappa shape index (κ2) is 8.38. The minimum absolute atomic E-state index is 0.0642. The second-order valence-corrected chi connectivity index (χ2v) is 8.38. The number of halogens is 1. The number of nitro benzene ring substituents is 1. The lowest BCUT2D eigenvalue weighted by Crippen LogP contribution is -2.36. The Morgan fingerprint density at radius 1 is 1.19 bits per heavy atom. The van der Waals surface area contributed by atoms with Gasteiger partial charge in [0.15, 0.2) is 11.7 Å². The highest BCUT2D eigenvalue weighted by molar-refractivity contribution is 7.22. The van der Waals surface area contributed by atoms with Gasteiger partial charge in [-0.25, -0.2) is 9.37 Å². The number of nitrogens with zero attached hydrogens (tertiary/aromatic N) is 2. The van der Waals surface area contributed by atoms with Crippen molar-refractivity contribution in [1.82, 2.24) is 4.98 Å². The van der Waals surface area contributed by atoms with Crippen molar-refractivity contribution in [2.75, 3.05) is 11.9 Å². The van der Waals surface area contributed by atoms with Crippen LogP contribution in [-0.2, 0) is 19.7 Å². The number of rotatable bonds is 6. The molecule has 0 radical (unpaired) electrons. The predicted octanol–water partition coefficient (Wildman–Crippen LogP) is 4.34. The molecule has 1 heterocycles. The van der Waals surface area contributed by atoms with Crippen LogP contribution in [0, 0.1) is 15.9 Å². The first kappa shape index (κ1) is 20.9. The molecule has 1 aliphatic carbocycles. The predicted molar refractivity (Wildman–Crippen MR) is 112 cm³/mol. The third-order valence-corrected chi connectivity index (χ3v) is 6.34. The van der Waals surface area contributed by atoms with E-state index in [4.69, 9.17) is 4.74 Å². The summed E-state index contributed by atoms with van der Waals surface area (Å²) in [6.07, 6.45) is 2.85. The molecular weight excluding hydrogens is 425 g/mol. The van der Waals surface area contributed by atoms with Gasteiger partial charge in [-0.15, -0.1) is 0 Å². The highest BCUT2D eigenvalue weighted by atomic mass is 32.1. The summed E-state index contributed by atoms with van der Waals surface area (Å²) in [6.45, 7) is -0.488. The van der Waals surface area contributed by atoms with E-state index in [1.165, 1.54) is 30.3 Å². The zero-order chi connectivity index (χ0) is 22.0. The van der Waals surface area contributed by atoms with Crippen molar-refractivity contribution in [2.24, 2.45) is 0 Å². The molecule has 2 aromatic carbocycles. The van der Waals surface area contributed by atoms with Crippen molar-refractivity contribution in [3.63, 3.8) is 0 Å². The number of ether oxygens (including phenoxy) is 1. The van der Waals surface area contributed by atoms with Crippen LogP contribution in [0.15, 0.2) is 42.5 Å². The first-order chi connectivity index (χ1) is 14.9. The van der Waals surface area contributed by atoms with Crippen molar-refractivity contribution >= 4 is 44.2 Å². The monoisotopic (exact) mass is 443 g/mol. The topological polar surface area (TPSA) is 111 Å². The molecule has 160 valence electrons. The molecule has 1 aromatic heterocycles. The number of hydrogen-bond acceptors (Lipinski definition) is 7. The zero-order valence-corrected chi connectivity index (χ0v) is 17.1. The van der Waals surface area contributed by atoms with Crippen molar-refractivity contribution in [3.8, 4) is 0 Å². The normalized spacial score (nSPS) is 15.0. The fourth-order valence-electron chi connectivity index (χ4n) is 3.86. The van der Waals surface area contributed by atoms with Gasteiger partial charge in [0.05, 0.1) is 20.6 Å². The number of nitrogens with one attached hydrogen (secondary N) is 1. The number of esters is 1. The third kappa shape index (κ3) is 4.24. The van der Waals surface area contributed by atoms with Crippen LogP contribution in [0.2, 0.25) is 0 Å². The van der Waals surface area contributed by atoms with E-state index in [0.717, 1.165) is 24.2 Å². The molecule has 0 atom stereocenters. The molecule has 3 aromatic rings.